The van der Waals surface area contributed by atoms with Crippen LogP contribution in [0.4, 0.5) is 4.39 Å². The van der Waals surface area contributed by atoms with E-state index >= 15 is 0 Å². The second-order valence-electron chi connectivity index (χ2n) is 1.99. The first-order chi connectivity index (χ1) is 5.75. The fraction of sp³-hybridized carbons (Fsp3) is 0. The number of hydrazine groups is 1. The average molecular weight is 170 g/mol. The van der Waals surface area contributed by atoms with Crippen LogP contribution in [0.3, 0.4) is 0 Å². The highest BCUT2D eigenvalue weighted by molar-refractivity contribution is 5.89. The molecular formula is C7H7FN2O2. The topological polar surface area (TPSA) is 64.3 Å². The number of rotatable bonds is 2. The molecule has 1 aromatic rings. The van der Waals surface area contributed by atoms with Crippen molar-refractivity contribution in [2.24, 2.45) is 5.84 Å². The lowest BCUT2D eigenvalue weighted by Crippen LogP contribution is -2.26. The Morgan fingerprint density at radius 2 is 2.17 bits per heavy atom. The van der Waals surface area contributed by atoms with E-state index in [0.717, 1.165) is 6.07 Å². The number of hydrogen-bond acceptors (Lipinski definition) is 4. The molecule has 0 fully saturated rings. The van der Waals surface area contributed by atoms with Gasteiger partial charge in [0.1, 0.15) is 5.82 Å². The van der Waals surface area contributed by atoms with Gasteiger partial charge in [-0.05, 0) is 12.1 Å². The number of benzene rings is 1. The summed E-state index contributed by atoms with van der Waals surface area (Å²) in [6, 6.07) is 5.46. The Morgan fingerprint density at radius 3 is 2.75 bits per heavy atom. The third-order valence-electron chi connectivity index (χ3n) is 1.25. The summed E-state index contributed by atoms with van der Waals surface area (Å²) in [6.45, 7) is 0. The molecule has 0 spiro atoms. The van der Waals surface area contributed by atoms with E-state index in [9.17, 15) is 9.18 Å². The normalized spacial score (nSPS) is 9.50. The second kappa shape index (κ2) is 3.80. The van der Waals surface area contributed by atoms with E-state index in [-0.39, 0.29) is 5.56 Å². The zero-order valence-corrected chi connectivity index (χ0v) is 6.08. The predicted molar refractivity (Wildman–Crippen MR) is 39.1 cm³/mol. The fourth-order valence-electron chi connectivity index (χ4n) is 0.735. The molecule has 0 saturated heterocycles. The van der Waals surface area contributed by atoms with Gasteiger partial charge in [-0.15, -0.1) is 0 Å². The summed E-state index contributed by atoms with van der Waals surface area (Å²) >= 11 is 0. The third-order valence-corrected chi connectivity index (χ3v) is 1.25. The van der Waals surface area contributed by atoms with Crippen molar-refractivity contribution in [3.05, 3.63) is 35.6 Å². The first-order valence-electron chi connectivity index (χ1n) is 3.17. The van der Waals surface area contributed by atoms with E-state index in [1.807, 2.05) is 0 Å². The highest BCUT2D eigenvalue weighted by Crippen LogP contribution is 2.06. The molecule has 4 nitrogen and oxygen atoms in total. The molecule has 0 aromatic heterocycles. The standard InChI is InChI=1S/C7H7FN2O2/c8-6-4-2-1-3-5(6)7(11)12-10-9/h1-4,10H,9H2. The third kappa shape index (κ3) is 1.77. The predicted octanol–water partition coefficient (Wildman–Crippen LogP) is 0.361. The number of hydrogen-bond donors (Lipinski definition) is 2. The monoisotopic (exact) mass is 170 g/mol. The summed E-state index contributed by atoms with van der Waals surface area (Å²) in [4.78, 5) is 15.0. The highest BCUT2D eigenvalue weighted by Gasteiger charge is 2.11. The zero-order chi connectivity index (χ0) is 8.97. The molecule has 5 heteroatoms. The van der Waals surface area contributed by atoms with E-state index in [4.69, 9.17) is 5.84 Å². The quantitative estimate of drug-likeness (QED) is 0.497. The van der Waals surface area contributed by atoms with Gasteiger partial charge < -0.3 is 4.84 Å². The lowest BCUT2D eigenvalue weighted by molar-refractivity contribution is 0.0249. The van der Waals surface area contributed by atoms with Crippen molar-refractivity contribution in [3.8, 4) is 0 Å². The number of carbonyl (C=O) groups is 1. The molecule has 0 bridgehead atoms. The van der Waals surface area contributed by atoms with Crippen LogP contribution in [0.5, 0.6) is 0 Å². The molecule has 0 heterocycles. The van der Waals surface area contributed by atoms with Crippen LogP contribution < -0.4 is 11.4 Å². The van der Waals surface area contributed by atoms with E-state index in [1.54, 1.807) is 5.59 Å². The fourth-order valence-corrected chi connectivity index (χ4v) is 0.735. The van der Waals surface area contributed by atoms with Crippen LogP contribution in [0, 0.1) is 5.82 Å². The van der Waals surface area contributed by atoms with Gasteiger partial charge in [0.25, 0.3) is 0 Å². The number of nitrogens with two attached hydrogens (primary N) is 1. The van der Waals surface area contributed by atoms with E-state index in [0.29, 0.717) is 0 Å². The van der Waals surface area contributed by atoms with Crippen LogP contribution in [-0.2, 0) is 4.84 Å². The number of nitrogens with one attached hydrogen (secondary N) is 1. The maximum Gasteiger partial charge on any atom is 0.360 e. The van der Waals surface area contributed by atoms with Crippen molar-refractivity contribution in [3.63, 3.8) is 0 Å². The summed E-state index contributed by atoms with van der Waals surface area (Å²) < 4.78 is 12.8. The smallest absolute Gasteiger partial charge is 0.351 e. The summed E-state index contributed by atoms with van der Waals surface area (Å²) in [7, 11) is 0. The van der Waals surface area contributed by atoms with Crippen LogP contribution in [0.15, 0.2) is 24.3 Å². The molecule has 0 unspecified atom stereocenters. The Balaban J connectivity index is 2.87. The van der Waals surface area contributed by atoms with Crippen molar-refractivity contribution in [2.45, 2.75) is 0 Å². The van der Waals surface area contributed by atoms with Gasteiger partial charge in [0.2, 0.25) is 0 Å². The van der Waals surface area contributed by atoms with Gasteiger partial charge in [-0.1, -0.05) is 17.7 Å². The summed E-state index contributed by atoms with van der Waals surface area (Å²) in [6.07, 6.45) is 0. The van der Waals surface area contributed by atoms with Gasteiger partial charge >= 0.3 is 5.97 Å². The van der Waals surface area contributed by atoms with Gasteiger partial charge in [-0.3, -0.25) is 0 Å². The first-order valence-corrected chi connectivity index (χ1v) is 3.17. The summed E-state index contributed by atoms with van der Waals surface area (Å²) in [5.74, 6) is 3.21. The highest BCUT2D eigenvalue weighted by atomic mass is 19.1. The summed E-state index contributed by atoms with van der Waals surface area (Å²) in [5.41, 5.74) is 1.52. The Kier molecular flexibility index (Phi) is 2.73. The molecule has 0 saturated carbocycles. The molecule has 1 rings (SSSR count). The Hall–Kier alpha value is -1.46. The molecule has 0 aliphatic carbocycles. The van der Waals surface area contributed by atoms with Crippen LogP contribution in [0.25, 0.3) is 0 Å². The number of halogens is 1. The van der Waals surface area contributed by atoms with Crippen LogP contribution in [0.1, 0.15) is 10.4 Å². The molecule has 0 radical (unpaired) electrons. The second-order valence-corrected chi connectivity index (χ2v) is 1.99. The molecular weight excluding hydrogens is 163 g/mol. The first kappa shape index (κ1) is 8.63. The van der Waals surface area contributed by atoms with Crippen molar-refractivity contribution >= 4 is 5.97 Å². The molecule has 3 N–H and O–H groups in total. The van der Waals surface area contributed by atoms with E-state index < -0.39 is 11.8 Å². The van der Waals surface area contributed by atoms with Crippen LogP contribution >= 0.6 is 0 Å². The molecule has 1 aromatic carbocycles. The lowest BCUT2D eigenvalue weighted by Gasteiger charge is -2.00. The minimum Gasteiger partial charge on any atom is -0.351 e. The molecule has 0 amide bonds. The zero-order valence-electron chi connectivity index (χ0n) is 6.08. The van der Waals surface area contributed by atoms with E-state index in [2.05, 4.69) is 4.84 Å². The minimum atomic E-state index is -0.851. The van der Waals surface area contributed by atoms with E-state index in [1.165, 1.54) is 18.2 Å². The van der Waals surface area contributed by atoms with Gasteiger partial charge in [0.05, 0.1) is 5.56 Å². The van der Waals surface area contributed by atoms with Crippen LogP contribution in [0.2, 0.25) is 0 Å². The Labute approximate surface area is 68.1 Å². The molecule has 64 valence electrons. The molecule has 0 atom stereocenters. The molecule has 0 aliphatic heterocycles. The van der Waals surface area contributed by atoms with Gasteiger partial charge in [0, 0.05) is 0 Å². The Morgan fingerprint density at radius 1 is 1.50 bits per heavy atom. The van der Waals surface area contributed by atoms with Crippen LogP contribution in [-0.4, -0.2) is 5.97 Å². The minimum absolute atomic E-state index is 0.157. The molecule has 12 heavy (non-hydrogen) atoms. The lowest BCUT2D eigenvalue weighted by atomic mass is 10.2. The maximum absolute atomic E-state index is 12.8. The van der Waals surface area contributed by atoms with Crippen molar-refractivity contribution in [2.75, 3.05) is 0 Å². The maximum atomic E-state index is 12.8. The van der Waals surface area contributed by atoms with Crippen molar-refractivity contribution in [1.82, 2.24) is 5.59 Å². The largest absolute Gasteiger partial charge is 0.360 e. The Bertz CT molecular complexity index is 290. The van der Waals surface area contributed by atoms with Gasteiger partial charge in [-0.2, -0.15) is 0 Å². The van der Waals surface area contributed by atoms with Gasteiger partial charge in [0.15, 0.2) is 0 Å². The SMILES string of the molecule is NNOC(=O)c1ccccc1F. The van der Waals surface area contributed by atoms with Gasteiger partial charge in [-0.25, -0.2) is 15.0 Å². The molecule has 0 aliphatic rings. The van der Waals surface area contributed by atoms with Crippen molar-refractivity contribution < 1.29 is 14.0 Å². The van der Waals surface area contributed by atoms with Crippen molar-refractivity contribution in [1.29, 1.82) is 0 Å². The number of carbonyl (C=O) groups excluding carboxylic acids is 1. The summed E-state index contributed by atoms with van der Waals surface area (Å²) in [5, 5.41) is 0. The average Bonchev–Trinajstić information content (AvgIpc) is 2.05.